The highest BCUT2D eigenvalue weighted by atomic mass is 35.5. The van der Waals surface area contributed by atoms with Crippen LogP contribution in [-0.2, 0) is 25.4 Å². The number of aryl methyl sites for hydroxylation is 2. The number of nitrogens with one attached hydrogen (secondary N) is 1. The minimum atomic E-state index is -0.0316. The van der Waals surface area contributed by atoms with Crippen LogP contribution < -0.4 is 5.32 Å². The zero-order valence-electron chi connectivity index (χ0n) is 14.8. The fourth-order valence-electron chi connectivity index (χ4n) is 3.27. The second-order valence-corrected chi connectivity index (χ2v) is 6.19. The van der Waals surface area contributed by atoms with Crippen LogP contribution in [0.5, 0.6) is 0 Å². The Balaban J connectivity index is 0.00000156. The average molecular weight is 389 g/mol. The first-order valence-electron chi connectivity index (χ1n) is 8.04. The topological polar surface area (TPSA) is 68.0 Å². The van der Waals surface area contributed by atoms with Crippen molar-refractivity contribution >= 4 is 30.7 Å². The molecule has 3 heterocycles. The predicted octanol–water partition coefficient (Wildman–Crippen LogP) is 1.35. The van der Waals surface area contributed by atoms with E-state index in [0.717, 1.165) is 24.2 Å². The molecule has 140 valence electrons. The van der Waals surface area contributed by atoms with E-state index >= 15 is 0 Å². The van der Waals surface area contributed by atoms with Crippen molar-refractivity contribution in [2.45, 2.75) is 19.4 Å². The second kappa shape index (κ2) is 9.22. The molecule has 7 nitrogen and oxygen atoms in total. The Morgan fingerprint density at radius 2 is 1.88 bits per heavy atom. The number of rotatable bonds is 5. The zero-order valence-corrected chi connectivity index (χ0v) is 16.4. The van der Waals surface area contributed by atoms with Crippen molar-refractivity contribution in [1.82, 2.24) is 29.8 Å². The Morgan fingerprint density at radius 1 is 1.20 bits per heavy atom. The molecule has 0 radical (unpaired) electrons. The summed E-state index contributed by atoms with van der Waals surface area (Å²) in [6, 6.07) is 0. The van der Waals surface area contributed by atoms with Gasteiger partial charge in [0.25, 0.3) is 0 Å². The van der Waals surface area contributed by atoms with Crippen LogP contribution in [0.25, 0.3) is 0 Å². The van der Waals surface area contributed by atoms with Gasteiger partial charge in [-0.2, -0.15) is 10.2 Å². The van der Waals surface area contributed by atoms with Crippen LogP contribution >= 0.6 is 24.8 Å². The summed E-state index contributed by atoms with van der Waals surface area (Å²) in [5.41, 5.74) is 2.19. The lowest BCUT2D eigenvalue weighted by Gasteiger charge is -2.26. The van der Waals surface area contributed by atoms with Crippen molar-refractivity contribution in [2.75, 3.05) is 19.6 Å². The first-order valence-corrected chi connectivity index (χ1v) is 8.04. The third-order valence-corrected chi connectivity index (χ3v) is 4.51. The monoisotopic (exact) mass is 388 g/mol. The van der Waals surface area contributed by atoms with E-state index in [1.165, 1.54) is 0 Å². The normalized spacial score (nSPS) is 19.2. The molecule has 1 aliphatic heterocycles. The van der Waals surface area contributed by atoms with Gasteiger partial charge in [-0.15, -0.1) is 24.8 Å². The number of carbonyl (C=O) groups is 1. The molecule has 25 heavy (non-hydrogen) atoms. The van der Waals surface area contributed by atoms with Crippen LogP contribution in [0.1, 0.15) is 24.0 Å². The third-order valence-electron chi connectivity index (χ3n) is 4.51. The summed E-state index contributed by atoms with van der Waals surface area (Å²) in [6.07, 6.45) is 7.66. The molecule has 0 saturated carbocycles. The molecule has 0 spiro atoms. The summed E-state index contributed by atoms with van der Waals surface area (Å²) in [6.45, 7) is 4.88. The van der Waals surface area contributed by atoms with Crippen molar-refractivity contribution in [3.8, 4) is 0 Å². The van der Waals surface area contributed by atoms with Gasteiger partial charge in [0.05, 0.1) is 18.3 Å². The maximum atomic E-state index is 13.0. The molecule has 3 rings (SSSR count). The Kier molecular flexibility index (Phi) is 7.92. The molecule has 1 N–H and O–H groups in total. The summed E-state index contributed by atoms with van der Waals surface area (Å²) >= 11 is 0. The van der Waals surface area contributed by atoms with Crippen molar-refractivity contribution in [3.63, 3.8) is 0 Å². The van der Waals surface area contributed by atoms with Gasteiger partial charge >= 0.3 is 0 Å². The molecule has 2 atom stereocenters. The van der Waals surface area contributed by atoms with Crippen molar-refractivity contribution in [3.05, 3.63) is 35.9 Å². The van der Waals surface area contributed by atoms with Crippen molar-refractivity contribution in [1.29, 1.82) is 0 Å². The molecule has 0 aliphatic carbocycles. The van der Waals surface area contributed by atoms with Crippen LogP contribution in [0.3, 0.4) is 0 Å². The number of carbonyl (C=O) groups excluding carboxylic acids is 1. The minimum absolute atomic E-state index is 0. The number of amides is 1. The lowest BCUT2D eigenvalue weighted by Crippen LogP contribution is -2.38. The molecule has 0 unspecified atom stereocenters. The highest BCUT2D eigenvalue weighted by Gasteiger charge is 2.36. The summed E-state index contributed by atoms with van der Waals surface area (Å²) in [7, 11) is 3.80. The number of hydrogen-bond donors (Lipinski definition) is 1. The van der Waals surface area contributed by atoms with E-state index in [-0.39, 0.29) is 42.6 Å². The van der Waals surface area contributed by atoms with E-state index < -0.39 is 0 Å². The molecule has 2 aromatic heterocycles. The molecule has 1 amide bonds. The quantitative estimate of drug-likeness (QED) is 0.839. The van der Waals surface area contributed by atoms with Crippen molar-refractivity contribution in [2.24, 2.45) is 20.0 Å². The Bertz CT molecular complexity index is 686. The van der Waals surface area contributed by atoms with E-state index in [9.17, 15) is 4.79 Å². The molecule has 9 heteroatoms. The van der Waals surface area contributed by atoms with E-state index in [0.29, 0.717) is 13.1 Å². The van der Waals surface area contributed by atoms with E-state index in [1.54, 1.807) is 9.36 Å². The van der Waals surface area contributed by atoms with Gasteiger partial charge in [-0.3, -0.25) is 14.2 Å². The van der Waals surface area contributed by atoms with Gasteiger partial charge in [-0.05, 0) is 12.5 Å². The smallest absolute Gasteiger partial charge is 0.227 e. The number of aromatic nitrogens is 4. The first kappa shape index (κ1) is 21.5. The predicted molar refractivity (Wildman–Crippen MR) is 101 cm³/mol. The minimum Gasteiger partial charge on any atom is -0.338 e. The number of halogens is 2. The maximum Gasteiger partial charge on any atom is 0.227 e. The van der Waals surface area contributed by atoms with Crippen LogP contribution in [0, 0.1) is 5.92 Å². The lowest BCUT2D eigenvalue weighted by atomic mass is 9.89. The highest BCUT2D eigenvalue weighted by molar-refractivity contribution is 5.85. The standard InChI is InChI=1S/C16H24N6O.2ClH/c1-4-22(10-12-5-18-20(2)9-12)16(23)15-8-17-7-14(15)13-6-19-21(3)11-13;;/h5-6,9,11,14-15,17H,4,7-8,10H2,1-3H3;2*1H/t14-,15+;;/m1../s1. The second-order valence-electron chi connectivity index (χ2n) is 6.19. The van der Waals surface area contributed by atoms with Gasteiger partial charge in [-0.1, -0.05) is 0 Å². The fraction of sp³-hybridized carbons (Fsp3) is 0.562. The molecule has 1 saturated heterocycles. The summed E-state index contributed by atoms with van der Waals surface area (Å²) < 4.78 is 3.56. The zero-order chi connectivity index (χ0) is 16.4. The molecule has 1 aliphatic rings. The molecular formula is C16H26Cl2N6O. The van der Waals surface area contributed by atoms with Gasteiger partial charge in [0, 0.05) is 64.1 Å². The molecule has 0 bridgehead atoms. The van der Waals surface area contributed by atoms with Gasteiger partial charge < -0.3 is 10.2 Å². The highest BCUT2D eigenvalue weighted by Crippen LogP contribution is 2.29. The van der Waals surface area contributed by atoms with Crippen molar-refractivity contribution < 1.29 is 4.79 Å². The van der Waals surface area contributed by atoms with E-state index in [4.69, 9.17) is 0 Å². The van der Waals surface area contributed by atoms with Gasteiger partial charge in [0.15, 0.2) is 0 Å². The van der Waals surface area contributed by atoms with Gasteiger partial charge in [0.1, 0.15) is 0 Å². The third kappa shape index (κ3) is 4.74. The molecule has 1 fully saturated rings. The summed E-state index contributed by atoms with van der Waals surface area (Å²) in [4.78, 5) is 14.9. The summed E-state index contributed by atoms with van der Waals surface area (Å²) in [5, 5.41) is 11.8. The Hall–Kier alpha value is -1.57. The van der Waals surface area contributed by atoms with E-state index in [2.05, 4.69) is 15.5 Å². The van der Waals surface area contributed by atoms with E-state index in [1.807, 2.05) is 50.7 Å². The number of hydrogen-bond acceptors (Lipinski definition) is 4. The number of nitrogens with zero attached hydrogens (tertiary/aromatic N) is 5. The fourth-order valence-corrected chi connectivity index (χ4v) is 3.27. The van der Waals surface area contributed by atoms with Gasteiger partial charge in [-0.25, -0.2) is 0 Å². The van der Waals surface area contributed by atoms with Gasteiger partial charge in [0.2, 0.25) is 5.91 Å². The van der Waals surface area contributed by atoms with Crippen LogP contribution in [0.15, 0.2) is 24.8 Å². The molecule has 0 aromatic carbocycles. The van der Waals surface area contributed by atoms with Crippen LogP contribution in [-0.4, -0.2) is 50.0 Å². The average Bonchev–Trinajstić information content (AvgIpc) is 3.24. The molecule has 2 aromatic rings. The Morgan fingerprint density at radius 3 is 2.44 bits per heavy atom. The Labute approximate surface area is 160 Å². The largest absolute Gasteiger partial charge is 0.338 e. The molecular weight excluding hydrogens is 363 g/mol. The summed E-state index contributed by atoms with van der Waals surface area (Å²) in [5.74, 6) is 0.366. The van der Waals surface area contributed by atoms with Crippen LogP contribution in [0.4, 0.5) is 0 Å². The lowest BCUT2D eigenvalue weighted by molar-refractivity contribution is -0.135. The van der Waals surface area contributed by atoms with Crippen LogP contribution in [0.2, 0.25) is 0 Å². The SMILES string of the molecule is CCN(Cc1cnn(C)c1)C(=O)[C@H]1CNC[C@@H]1c1cnn(C)c1.Cl.Cl. The first-order chi connectivity index (χ1) is 11.1. The maximum absolute atomic E-state index is 13.0.